The van der Waals surface area contributed by atoms with Crippen molar-refractivity contribution in [2.75, 3.05) is 25.6 Å². The van der Waals surface area contributed by atoms with Crippen molar-refractivity contribution in [3.8, 4) is 0 Å². The molecule has 6 nitrogen and oxygen atoms in total. The lowest BCUT2D eigenvalue weighted by molar-refractivity contribution is 0.0774. The van der Waals surface area contributed by atoms with Gasteiger partial charge in [0.1, 0.15) is 10.7 Å². The first-order valence-electron chi connectivity index (χ1n) is 5.96. The highest BCUT2D eigenvalue weighted by atomic mass is 35.5. The molecule has 0 saturated carbocycles. The second-order valence-electron chi connectivity index (χ2n) is 4.29. The minimum Gasteiger partial charge on any atom is -0.380 e. The van der Waals surface area contributed by atoms with E-state index in [0.717, 1.165) is 12.8 Å². The molecule has 0 amide bonds. The highest BCUT2D eigenvalue weighted by molar-refractivity contribution is 7.89. The normalized spacial score (nSPS) is 20.2. The molecule has 106 valence electrons. The van der Waals surface area contributed by atoms with Crippen molar-refractivity contribution in [3.63, 3.8) is 0 Å². The van der Waals surface area contributed by atoms with Crippen LogP contribution in [0.2, 0.25) is 5.02 Å². The Morgan fingerprint density at radius 1 is 1.53 bits per heavy atom. The van der Waals surface area contributed by atoms with Gasteiger partial charge in [-0.15, -0.1) is 0 Å². The Kier molecular flexibility index (Phi) is 4.62. The summed E-state index contributed by atoms with van der Waals surface area (Å²) in [5, 5.41) is 3.05. The average molecular weight is 306 g/mol. The maximum absolute atomic E-state index is 12.2. The van der Waals surface area contributed by atoms with Crippen LogP contribution in [0.4, 0.5) is 5.82 Å². The number of ether oxygens (including phenoxy) is 1. The molecule has 2 rings (SSSR count). The fraction of sp³-hybridized carbons (Fsp3) is 0.545. The highest BCUT2D eigenvalue weighted by Crippen LogP contribution is 2.22. The fourth-order valence-corrected chi connectivity index (χ4v) is 3.42. The smallest absolute Gasteiger partial charge is 0.242 e. The summed E-state index contributed by atoms with van der Waals surface area (Å²) in [5.41, 5.74) is 0. The molecule has 0 aliphatic carbocycles. The SMILES string of the molecule is CNc1ncc(S(=O)(=O)NC2CCCOC2)cc1Cl. The monoisotopic (exact) mass is 305 g/mol. The van der Waals surface area contributed by atoms with Crippen LogP contribution in [0.15, 0.2) is 17.2 Å². The molecule has 19 heavy (non-hydrogen) atoms. The summed E-state index contributed by atoms with van der Waals surface area (Å²) in [6.07, 6.45) is 2.91. The zero-order chi connectivity index (χ0) is 13.9. The quantitative estimate of drug-likeness (QED) is 0.874. The van der Waals surface area contributed by atoms with E-state index in [-0.39, 0.29) is 16.0 Å². The van der Waals surface area contributed by atoms with Gasteiger partial charge in [0, 0.05) is 25.9 Å². The van der Waals surface area contributed by atoms with Gasteiger partial charge in [-0.05, 0) is 18.9 Å². The van der Waals surface area contributed by atoms with Crippen LogP contribution in [0.25, 0.3) is 0 Å². The van der Waals surface area contributed by atoms with E-state index in [0.29, 0.717) is 19.0 Å². The van der Waals surface area contributed by atoms with Crippen LogP contribution >= 0.6 is 11.6 Å². The topological polar surface area (TPSA) is 80.3 Å². The molecule has 0 spiro atoms. The van der Waals surface area contributed by atoms with Gasteiger partial charge in [-0.25, -0.2) is 18.1 Å². The van der Waals surface area contributed by atoms with E-state index in [9.17, 15) is 8.42 Å². The maximum Gasteiger partial charge on any atom is 0.242 e. The Morgan fingerprint density at radius 3 is 2.89 bits per heavy atom. The molecule has 0 bridgehead atoms. The lowest BCUT2D eigenvalue weighted by Gasteiger charge is -2.22. The summed E-state index contributed by atoms with van der Waals surface area (Å²) in [4.78, 5) is 4.02. The predicted octanol–water partition coefficient (Wildman–Crippen LogP) is 1.23. The maximum atomic E-state index is 12.2. The number of anilines is 1. The van der Waals surface area contributed by atoms with Gasteiger partial charge in [0.25, 0.3) is 0 Å². The van der Waals surface area contributed by atoms with E-state index in [1.165, 1.54) is 12.3 Å². The standard InChI is InChI=1S/C11H16ClN3O3S/c1-13-11-10(12)5-9(6-14-11)19(16,17)15-8-3-2-4-18-7-8/h5-6,8,15H,2-4,7H2,1H3,(H,13,14). The van der Waals surface area contributed by atoms with Crippen molar-refractivity contribution in [2.24, 2.45) is 0 Å². The van der Waals surface area contributed by atoms with Gasteiger partial charge in [0.2, 0.25) is 10.0 Å². The Morgan fingerprint density at radius 2 is 2.32 bits per heavy atom. The third-order valence-electron chi connectivity index (χ3n) is 2.85. The molecule has 8 heteroatoms. The largest absolute Gasteiger partial charge is 0.380 e. The van der Waals surface area contributed by atoms with E-state index in [4.69, 9.17) is 16.3 Å². The molecule has 1 aliphatic rings. The summed E-state index contributed by atoms with van der Waals surface area (Å²) in [6, 6.07) is 1.19. The van der Waals surface area contributed by atoms with E-state index in [2.05, 4.69) is 15.0 Å². The third kappa shape index (κ3) is 3.56. The Balaban J connectivity index is 2.16. The molecule has 2 N–H and O–H groups in total. The van der Waals surface area contributed by atoms with Crippen LogP contribution in [0.5, 0.6) is 0 Å². The van der Waals surface area contributed by atoms with Gasteiger partial charge in [0.15, 0.2) is 0 Å². The zero-order valence-corrected chi connectivity index (χ0v) is 12.1. The Bertz CT molecular complexity index is 544. The van der Waals surface area contributed by atoms with Crippen LogP contribution in [0.1, 0.15) is 12.8 Å². The third-order valence-corrected chi connectivity index (χ3v) is 4.62. The van der Waals surface area contributed by atoms with Crippen LogP contribution in [-0.2, 0) is 14.8 Å². The van der Waals surface area contributed by atoms with Crippen molar-refractivity contribution in [3.05, 3.63) is 17.3 Å². The molecule has 1 aliphatic heterocycles. The predicted molar refractivity (Wildman–Crippen MR) is 73.0 cm³/mol. The van der Waals surface area contributed by atoms with Crippen LogP contribution in [0, 0.1) is 0 Å². The van der Waals surface area contributed by atoms with Gasteiger partial charge in [-0.3, -0.25) is 0 Å². The molecule has 2 heterocycles. The molecule has 1 fully saturated rings. The molecule has 1 aromatic heterocycles. The average Bonchev–Trinajstić information content (AvgIpc) is 2.39. The van der Waals surface area contributed by atoms with Crippen molar-refractivity contribution >= 4 is 27.4 Å². The molecule has 1 unspecified atom stereocenters. The van der Waals surface area contributed by atoms with Gasteiger partial charge in [0.05, 0.1) is 11.6 Å². The number of rotatable bonds is 4. The number of nitrogens with one attached hydrogen (secondary N) is 2. The van der Waals surface area contributed by atoms with Crippen LogP contribution in [0.3, 0.4) is 0 Å². The molecule has 0 aromatic carbocycles. The second kappa shape index (κ2) is 6.04. The summed E-state index contributed by atoms with van der Waals surface area (Å²) in [5.74, 6) is 0.446. The van der Waals surface area contributed by atoms with E-state index < -0.39 is 10.0 Å². The summed E-state index contributed by atoms with van der Waals surface area (Å²) in [7, 11) is -1.95. The summed E-state index contributed by atoms with van der Waals surface area (Å²) in [6.45, 7) is 1.08. The van der Waals surface area contributed by atoms with Crippen molar-refractivity contribution in [2.45, 2.75) is 23.8 Å². The number of pyridine rings is 1. The van der Waals surface area contributed by atoms with E-state index >= 15 is 0 Å². The van der Waals surface area contributed by atoms with Gasteiger partial charge in [-0.1, -0.05) is 11.6 Å². The van der Waals surface area contributed by atoms with Crippen molar-refractivity contribution < 1.29 is 13.2 Å². The van der Waals surface area contributed by atoms with Crippen molar-refractivity contribution in [1.29, 1.82) is 0 Å². The summed E-state index contributed by atoms with van der Waals surface area (Å²) < 4.78 is 32.2. The van der Waals surface area contributed by atoms with Crippen molar-refractivity contribution in [1.82, 2.24) is 9.71 Å². The molecule has 1 aromatic rings. The Labute approximate surface area is 117 Å². The molecule has 0 radical (unpaired) electrons. The number of aromatic nitrogens is 1. The Hall–Kier alpha value is -0.890. The number of nitrogens with zero attached hydrogens (tertiary/aromatic N) is 1. The van der Waals surface area contributed by atoms with Gasteiger partial charge < -0.3 is 10.1 Å². The van der Waals surface area contributed by atoms with E-state index in [1.807, 2.05) is 0 Å². The molecule has 1 atom stereocenters. The van der Waals surface area contributed by atoms with Gasteiger partial charge >= 0.3 is 0 Å². The number of hydrogen-bond acceptors (Lipinski definition) is 5. The number of hydrogen-bond donors (Lipinski definition) is 2. The van der Waals surface area contributed by atoms with Crippen LogP contribution < -0.4 is 10.0 Å². The zero-order valence-electron chi connectivity index (χ0n) is 10.5. The fourth-order valence-electron chi connectivity index (χ4n) is 1.87. The first-order chi connectivity index (χ1) is 9.03. The van der Waals surface area contributed by atoms with E-state index in [1.54, 1.807) is 7.05 Å². The second-order valence-corrected chi connectivity index (χ2v) is 6.41. The molecular weight excluding hydrogens is 290 g/mol. The molecular formula is C11H16ClN3O3S. The number of halogens is 1. The lowest BCUT2D eigenvalue weighted by Crippen LogP contribution is -2.40. The van der Waals surface area contributed by atoms with Crippen LogP contribution in [-0.4, -0.2) is 39.7 Å². The summed E-state index contributed by atoms with van der Waals surface area (Å²) >= 11 is 5.94. The highest BCUT2D eigenvalue weighted by Gasteiger charge is 2.23. The number of sulfonamides is 1. The minimum absolute atomic E-state index is 0.0575. The minimum atomic E-state index is -3.61. The van der Waals surface area contributed by atoms with Gasteiger partial charge in [-0.2, -0.15) is 0 Å². The first-order valence-corrected chi connectivity index (χ1v) is 7.82. The lowest BCUT2D eigenvalue weighted by atomic mass is 10.1. The molecule has 1 saturated heterocycles. The first kappa shape index (κ1) is 14.5.